The summed E-state index contributed by atoms with van der Waals surface area (Å²) >= 11 is 0. The van der Waals surface area contributed by atoms with Crippen LogP contribution in [0.1, 0.15) is 55.3 Å². The number of carbonyl (C=O) groups is 1. The number of amides is 1. The summed E-state index contributed by atoms with van der Waals surface area (Å²) in [5.41, 5.74) is 0.813. The molecule has 1 heterocycles. The maximum Gasteiger partial charge on any atom is 0.266 e. The number of rotatable bonds is 9. The third kappa shape index (κ3) is 4.73. The first-order chi connectivity index (χ1) is 17.5. The zero-order valence-electron chi connectivity index (χ0n) is 20.8. The summed E-state index contributed by atoms with van der Waals surface area (Å²) in [5.74, 6) is -0.0883. The quantitative estimate of drug-likeness (QED) is 0.294. The number of carbonyl (C=O) groups excluding carboxylic acids is 1. The maximum atomic E-state index is 14.7. The Morgan fingerprint density at radius 2 is 1.72 bits per heavy atom. The first-order valence-corrected chi connectivity index (χ1v) is 12.2. The molecular formula is C29H30FN3O3. The van der Waals surface area contributed by atoms with Crippen LogP contribution in [-0.4, -0.2) is 34.0 Å². The van der Waals surface area contributed by atoms with E-state index in [1.807, 2.05) is 32.0 Å². The molecule has 0 bridgehead atoms. The lowest BCUT2D eigenvalue weighted by atomic mass is 10.1. The molecule has 4 aromatic rings. The molecule has 0 aliphatic heterocycles. The van der Waals surface area contributed by atoms with Crippen LogP contribution < -0.4 is 10.3 Å². The minimum atomic E-state index is -0.578. The Balaban J connectivity index is 1.98. The zero-order valence-corrected chi connectivity index (χ0v) is 20.8. The normalized spacial score (nSPS) is 11.9. The average Bonchev–Trinajstić information content (AvgIpc) is 2.91. The molecule has 0 aliphatic carbocycles. The van der Waals surface area contributed by atoms with Crippen LogP contribution in [0.3, 0.4) is 0 Å². The number of unbranched alkanes of at least 4 members (excludes halogenated alkanes) is 1. The predicted octanol–water partition coefficient (Wildman–Crippen LogP) is 5.93. The average molecular weight is 488 g/mol. The summed E-state index contributed by atoms with van der Waals surface area (Å²) in [4.78, 5) is 34.1. The van der Waals surface area contributed by atoms with Crippen molar-refractivity contribution >= 4 is 16.8 Å². The van der Waals surface area contributed by atoms with Crippen LogP contribution >= 0.6 is 0 Å². The Bertz CT molecular complexity index is 1430. The summed E-state index contributed by atoms with van der Waals surface area (Å²) in [6.45, 7) is 4.37. The van der Waals surface area contributed by atoms with Gasteiger partial charge in [-0.25, -0.2) is 9.37 Å². The molecule has 0 fully saturated rings. The smallest absolute Gasteiger partial charge is 0.266 e. The zero-order chi connectivity index (χ0) is 25.7. The standard InChI is InChI=1S/C29H30FN3O3/c1-4-6-19-32(28(34)20-13-7-9-15-22(20)30)24(5-2)27-31-23-16-10-8-14-21(23)29(35)33(27)25-17-11-12-18-26(25)36-3/h7-18,24H,4-6,19H2,1-3H3. The molecule has 186 valence electrons. The van der Waals surface area contributed by atoms with Gasteiger partial charge in [-0.3, -0.25) is 14.2 Å². The Labute approximate surface area is 210 Å². The van der Waals surface area contributed by atoms with Crippen molar-refractivity contribution in [3.63, 3.8) is 0 Å². The van der Waals surface area contributed by atoms with Crippen molar-refractivity contribution in [1.82, 2.24) is 14.5 Å². The summed E-state index contributed by atoms with van der Waals surface area (Å²) in [5, 5.41) is 0.461. The molecule has 1 atom stereocenters. The summed E-state index contributed by atoms with van der Waals surface area (Å²) in [6, 6.07) is 19.8. The van der Waals surface area contributed by atoms with E-state index in [0.717, 1.165) is 12.8 Å². The summed E-state index contributed by atoms with van der Waals surface area (Å²) in [6.07, 6.45) is 2.05. The van der Waals surface area contributed by atoms with Gasteiger partial charge in [0.1, 0.15) is 17.4 Å². The van der Waals surface area contributed by atoms with E-state index in [1.165, 1.54) is 16.7 Å². The van der Waals surface area contributed by atoms with E-state index in [0.29, 0.717) is 41.1 Å². The SMILES string of the molecule is CCCCN(C(=O)c1ccccc1F)C(CC)c1nc2ccccc2c(=O)n1-c1ccccc1OC. The fourth-order valence-electron chi connectivity index (χ4n) is 4.48. The second kappa shape index (κ2) is 11.2. The van der Waals surface area contributed by atoms with Crippen LogP contribution in [0.4, 0.5) is 4.39 Å². The van der Waals surface area contributed by atoms with Crippen LogP contribution in [0.2, 0.25) is 0 Å². The molecule has 4 rings (SSSR count). The van der Waals surface area contributed by atoms with Gasteiger partial charge in [0.15, 0.2) is 0 Å². The van der Waals surface area contributed by atoms with E-state index < -0.39 is 17.8 Å². The fourth-order valence-corrected chi connectivity index (χ4v) is 4.48. The van der Waals surface area contributed by atoms with Crippen molar-refractivity contribution in [2.24, 2.45) is 0 Å². The predicted molar refractivity (Wildman–Crippen MR) is 139 cm³/mol. The second-order valence-corrected chi connectivity index (χ2v) is 8.56. The Kier molecular flexibility index (Phi) is 7.78. The van der Waals surface area contributed by atoms with Gasteiger partial charge in [0.2, 0.25) is 0 Å². The molecule has 7 heteroatoms. The van der Waals surface area contributed by atoms with Crippen LogP contribution in [0.25, 0.3) is 16.6 Å². The highest BCUT2D eigenvalue weighted by atomic mass is 19.1. The molecule has 0 spiro atoms. The van der Waals surface area contributed by atoms with Crippen LogP contribution in [0, 0.1) is 5.82 Å². The molecule has 6 nitrogen and oxygen atoms in total. The number of fused-ring (bicyclic) bond motifs is 1. The van der Waals surface area contributed by atoms with Crippen molar-refractivity contribution < 1.29 is 13.9 Å². The highest BCUT2D eigenvalue weighted by molar-refractivity contribution is 5.94. The van der Waals surface area contributed by atoms with Crippen molar-refractivity contribution in [2.75, 3.05) is 13.7 Å². The van der Waals surface area contributed by atoms with E-state index in [4.69, 9.17) is 9.72 Å². The molecule has 0 saturated carbocycles. The van der Waals surface area contributed by atoms with Crippen LogP contribution in [0.15, 0.2) is 77.6 Å². The molecule has 1 unspecified atom stereocenters. The number of para-hydroxylation sites is 3. The van der Waals surface area contributed by atoms with Crippen molar-refractivity contribution in [3.8, 4) is 11.4 Å². The van der Waals surface area contributed by atoms with E-state index in [-0.39, 0.29) is 11.1 Å². The Morgan fingerprint density at radius 1 is 1.03 bits per heavy atom. The third-order valence-corrected chi connectivity index (χ3v) is 6.31. The molecule has 0 N–H and O–H groups in total. The Hall–Kier alpha value is -4.00. The number of aromatic nitrogens is 2. The van der Waals surface area contributed by atoms with Crippen molar-refractivity contribution in [1.29, 1.82) is 0 Å². The van der Waals surface area contributed by atoms with Crippen LogP contribution in [0.5, 0.6) is 5.75 Å². The minimum Gasteiger partial charge on any atom is -0.495 e. The van der Waals surface area contributed by atoms with E-state index in [1.54, 1.807) is 54.5 Å². The summed E-state index contributed by atoms with van der Waals surface area (Å²) in [7, 11) is 1.55. The third-order valence-electron chi connectivity index (χ3n) is 6.31. The van der Waals surface area contributed by atoms with Crippen molar-refractivity contribution in [2.45, 2.75) is 39.2 Å². The van der Waals surface area contributed by atoms with Crippen LogP contribution in [-0.2, 0) is 0 Å². The number of methoxy groups -OCH3 is 1. The first kappa shape index (κ1) is 25.1. The van der Waals surface area contributed by atoms with Gasteiger partial charge in [-0.15, -0.1) is 0 Å². The van der Waals surface area contributed by atoms with Gasteiger partial charge in [-0.2, -0.15) is 0 Å². The minimum absolute atomic E-state index is 0.000897. The van der Waals surface area contributed by atoms with E-state index in [2.05, 4.69) is 0 Å². The molecule has 1 aromatic heterocycles. The van der Waals surface area contributed by atoms with Gasteiger partial charge >= 0.3 is 0 Å². The number of nitrogens with zero attached hydrogens (tertiary/aromatic N) is 3. The summed E-state index contributed by atoms with van der Waals surface area (Å²) < 4.78 is 21.8. The first-order valence-electron chi connectivity index (χ1n) is 12.2. The number of halogens is 1. The van der Waals surface area contributed by atoms with E-state index >= 15 is 0 Å². The largest absolute Gasteiger partial charge is 0.495 e. The molecular weight excluding hydrogens is 457 g/mol. The molecule has 0 radical (unpaired) electrons. The maximum absolute atomic E-state index is 14.7. The molecule has 0 saturated heterocycles. The topological polar surface area (TPSA) is 64.4 Å². The van der Waals surface area contributed by atoms with E-state index in [9.17, 15) is 14.0 Å². The number of hydrogen-bond acceptors (Lipinski definition) is 4. The molecule has 36 heavy (non-hydrogen) atoms. The number of benzene rings is 3. The van der Waals surface area contributed by atoms with Gasteiger partial charge in [-0.05, 0) is 49.2 Å². The highest BCUT2D eigenvalue weighted by Crippen LogP contribution is 2.31. The van der Waals surface area contributed by atoms with Crippen molar-refractivity contribution in [3.05, 3.63) is 100 Å². The molecule has 1 amide bonds. The monoisotopic (exact) mass is 487 g/mol. The van der Waals surface area contributed by atoms with Gasteiger partial charge in [0.25, 0.3) is 11.5 Å². The van der Waals surface area contributed by atoms with Gasteiger partial charge in [0.05, 0.1) is 35.3 Å². The molecule has 3 aromatic carbocycles. The number of ether oxygens (including phenoxy) is 1. The van der Waals surface area contributed by atoms with Gasteiger partial charge < -0.3 is 9.64 Å². The van der Waals surface area contributed by atoms with Gasteiger partial charge in [0, 0.05) is 6.54 Å². The lowest BCUT2D eigenvalue weighted by Crippen LogP contribution is -2.39. The highest BCUT2D eigenvalue weighted by Gasteiger charge is 2.31. The fraction of sp³-hybridized carbons (Fsp3) is 0.276. The number of hydrogen-bond donors (Lipinski definition) is 0. The lowest BCUT2D eigenvalue weighted by Gasteiger charge is -2.32. The Morgan fingerprint density at radius 3 is 2.44 bits per heavy atom. The lowest BCUT2D eigenvalue weighted by molar-refractivity contribution is 0.0651. The van der Waals surface area contributed by atoms with Gasteiger partial charge in [-0.1, -0.05) is 56.7 Å². The second-order valence-electron chi connectivity index (χ2n) is 8.56. The molecule has 0 aliphatic rings.